The van der Waals surface area contributed by atoms with Crippen LogP contribution in [0.1, 0.15) is 94.8 Å². The van der Waals surface area contributed by atoms with Crippen molar-refractivity contribution < 1.29 is 0 Å². The van der Waals surface area contributed by atoms with Crippen LogP contribution in [0.3, 0.4) is 0 Å². The van der Waals surface area contributed by atoms with E-state index in [0.717, 1.165) is 0 Å². The molecule has 298 valence electrons. The van der Waals surface area contributed by atoms with Gasteiger partial charge in [-0.1, -0.05) is 191 Å². The summed E-state index contributed by atoms with van der Waals surface area (Å²) < 4.78 is 0. The first-order valence-corrected chi connectivity index (χ1v) is 22.6. The second kappa shape index (κ2) is 12.0. The lowest BCUT2D eigenvalue weighted by Crippen LogP contribution is -2.47. The Bertz CT molecular complexity index is 3430. The zero-order chi connectivity index (χ0) is 42.0. The van der Waals surface area contributed by atoms with Gasteiger partial charge < -0.3 is 4.90 Å². The van der Waals surface area contributed by atoms with Crippen molar-refractivity contribution in [3.8, 4) is 44.5 Å². The standard InChI is InChI=1S/C62H45N/c1-60(2)47-24-13-9-20-43(47)57-50(60)27-16-28-54(57)63-53-33-30-38(37-17-6-5-7-18-37)35-52(53)62-48-25-14-10-21-44(48)56(45-22-11-15-26-49(45)62)58-40(32-34-55(63)59(58)62)39-29-31-42-41-19-8-12-23-46(41)61(3,4)51(42)36-39/h5-36,56H,1-4H3. The van der Waals surface area contributed by atoms with Crippen LogP contribution in [0.5, 0.6) is 0 Å². The molecule has 5 aliphatic carbocycles. The van der Waals surface area contributed by atoms with Gasteiger partial charge in [-0.2, -0.15) is 0 Å². The van der Waals surface area contributed by atoms with E-state index in [1.807, 2.05) is 0 Å². The van der Waals surface area contributed by atoms with Crippen molar-refractivity contribution in [1.29, 1.82) is 0 Å². The highest BCUT2D eigenvalue weighted by atomic mass is 15.2. The van der Waals surface area contributed by atoms with Crippen LogP contribution in [0.2, 0.25) is 0 Å². The Kier molecular flexibility index (Phi) is 6.75. The van der Waals surface area contributed by atoms with Gasteiger partial charge in [0.2, 0.25) is 0 Å². The molecular formula is C62H45N. The molecule has 0 saturated heterocycles. The molecule has 0 fully saturated rings. The Morgan fingerprint density at radius 1 is 0.349 bits per heavy atom. The average molecular weight is 804 g/mol. The van der Waals surface area contributed by atoms with Gasteiger partial charge in [0, 0.05) is 27.9 Å². The molecule has 0 saturated carbocycles. The minimum Gasteiger partial charge on any atom is -0.309 e. The molecule has 1 heteroatoms. The Hall–Kier alpha value is -7.22. The van der Waals surface area contributed by atoms with Crippen molar-refractivity contribution >= 4 is 17.1 Å². The van der Waals surface area contributed by atoms with Crippen LogP contribution < -0.4 is 4.90 Å². The fourth-order valence-electron chi connectivity index (χ4n) is 13.3. The highest BCUT2D eigenvalue weighted by molar-refractivity contribution is 6.02. The van der Waals surface area contributed by atoms with E-state index in [2.05, 4.69) is 227 Å². The predicted molar refractivity (Wildman–Crippen MR) is 260 cm³/mol. The number of benzene rings is 9. The van der Waals surface area contributed by atoms with E-state index >= 15 is 0 Å². The van der Waals surface area contributed by atoms with Gasteiger partial charge in [0.15, 0.2) is 0 Å². The molecule has 6 aliphatic rings. The van der Waals surface area contributed by atoms with E-state index in [9.17, 15) is 0 Å². The summed E-state index contributed by atoms with van der Waals surface area (Å²) in [5.74, 6) is 0.0736. The number of hydrogen-bond acceptors (Lipinski definition) is 1. The molecule has 15 rings (SSSR count). The summed E-state index contributed by atoms with van der Waals surface area (Å²) >= 11 is 0. The molecule has 63 heavy (non-hydrogen) atoms. The molecule has 1 heterocycles. The van der Waals surface area contributed by atoms with E-state index in [1.165, 1.54) is 123 Å². The average Bonchev–Trinajstić information content (AvgIpc) is 3.71. The third-order valence-corrected chi connectivity index (χ3v) is 15.9. The van der Waals surface area contributed by atoms with Crippen molar-refractivity contribution in [2.45, 2.75) is 49.9 Å². The minimum absolute atomic E-state index is 0.0736. The van der Waals surface area contributed by atoms with Crippen molar-refractivity contribution in [3.05, 3.63) is 255 Å². The van der Waals surface area contributed by atoms with Gasteiger partial charge in [-0.3, -0.25) is 0 Å². The molecule has 1 spiro atoms. The van der Waals surface area contributed by atoms with Gasteiger partial charge in [-0.05, 0) is 125 Å². The quantitative estimate of drug-likeness (QED) is 0.172. The van der Waals surface area contributed by atoms with Crippen LogP contribution in [0, 0.1) is 0 Å². The third-order valence-electron chi connectivity index (χ3n) is 15.9. The van der Waals surface area contributed by atoms with Crippen LogP contribution >= 0.6 is 0 Å². The molecule has 0 aromatic heterocycles. The predicted octanol–water partition coefficient (Wildman–Crippen LogP) is 15.6. The largest absolute Gasteiger partial charge is 0.309 e. The summed E-state index contributed by atoms with van der Waals surface area (Å²) in [6.45, 7) is 9.59. The molecule has 0 radical (unpaired) electrons. The van der Waals surface area contributed by atoms with Gasteiger partial charge in [0.1, 0.15) is 0 Å². The molecule has 1 nitrogen and oxygen atoms in total. The molecule has 0 amide bonds. The van der Waals surface area contributed by atoms with Crippen LogP contribution in [0.4, 0.5) is 17.1 Å². The second-order valence-electron chi connectivity index (χ2n) is 19.5. The summed E-state index contributed by atoms with van der Waals surface area (Å²) in [6.07, 6.45) is 0. The maximum Gasteiger partial charge on any atom is 0.0751 e. The smallest absolute Gasteiger partial charge is 0.0751 e. The molecule has 0 N–H and O–H groups in total. The number of hydrogen-bond donors (Lipinski definition) is 0. The lowest BCUT2D eigenvalue weighted by molar-refractivity contribution is 0.623. The Morgan fingerprint density at radius 2 is 0.889 bits per heavy atom. The summed E-state index contributed by atoms with van der Waals surface area (Å²) in [6, 6.07) is 74.6. The highest BCUT2D eigenvalue weighted by Gasteiger charge is 2.58. The van der Waals surface area contributed by atoms with E-state index in [4.69, 9.17) is 0 Å². The first-order chi connectivity index (χ1) is 30.8. The van der Waals surface area contributed by atoms with E-state index in [-0.39, 0.29) is 16.7 Å². The Morgan fingerprint density at radius 3 is 1.63 bits per heavy atom. The van der Waals surface area contributed by atoms with Crippen molar-refractivity contribution in [2.24, 2.45) is 0 Å². The summed E-state index contributed by atoms with van der Waals surface area (Å²) in [4.78, 5) is 2.66. The molecule has 9 aromatic carbocycles. The van der Waals surface area contributed by atoms with Gasteiger partial charge >= 0.3 is 0 Å². The lowest BCUT2D eigenvalue weighted by Gasteiger charge is -2.56. The normalized spacial score (nSPS) is 18.9. The fraction of sp³-hybridized carbons (Fsp3) is 0.129. The number of rotatable bonds is 3. The van der Waals surface area contributed by atoms with E-state index < -0.39 is 5.41 Å². The van der Waals surface area contributed by atoms with Gasteiger partial charge in [0.05, 0.1) is 22.5 Å². The fourth-order valence-corrected chi connectivity index (χ4v) is 13.3. The molecule has 2 bridgehead atoms. The number of fused-ring (bicyclic) bond motifs is 7. The van der Waals surface area contributed by atoms with Crippen LogP contribution in [0.15, 0.2) is 194 Å². The first kappa shape index (κ1) is 35.4. The molecule has 0 unspecified atom stereocenters. The van der Waals surface area contributed by atoms with E-state index in [1.54, 1.807) is 0 Å². The SMILES string of the molecule is CC1(C)c2ccccc2-c2ccc(-c3ccc4c5c3C3c6ccccc6C5(c5ccccc53)c3cc(-c5ccccc5)ccc3N4c3cccc4c3-c3ccccc3C4(C)C)cc21. The highest BCUT2D eigenvalue weighted by Crippen LogP contribution is 2.70. The lowest BCUT2D eigenvalue weighted by atomic mass is 9.48. The summed E-state index contributed by atoms with van der Waals surface area (Å²) in [5, 5.41) is 0. The molecular weight excluding hydrogens is 759 g/mol. The number of nitrogens with zero attached hydrogens (tertiary/aromatic N) is 1. The zero-order valence-electron chi connectivity index (χ0n) is 36.0. The minimum atomic E-state index is -0.555. The topological polar surface area (TPSA) is 3.24 Å². The van der Waals surface area contributed by atoms with Gasteiger partial charge in [0.25, 0.3) is 0 Å². The molecule has 0 atom stereocenters. The van der Waals surface area contributed by atoms with Crippen molar-refractivity contribution in [2.75, 3.05) is 4.90 Å². The van der Waals surface area contributed by atoms with Gasteiger partial charge in [-0.15, -0.1) is 0 Å². The van der Waals surface area contributed by atoms with Crippen LogP contribution in [-0.4, -0.2) is 0 Å². The van der Waals surface area contributed by atoms with Gasteiger partial charge in [-0.25, -0.2) is 0 Å². The number of anilines is 3. The molecule has 1 aliphatic heterocycles. The first-order valence-electron chi connectivity index (χ1n) is 22.6. The van der Waals surface area contributed by atoms with Crippen LogP contribution in [0.25, 0.3) is 44.5 Å². The summed E-state index contributed by atoms with van der Waals surface area (Å²) in [5.41, 5.74) is 28.8. The Labute approximate surface area is 370 Å². The maximum absolute atomic E-state index is 2.66. The molecule has 9 aromatic rings. The Balaban J connectivity index is 1.13. The van der Waals surface area contributed by atoms with E-state index in [0.29, 0.717) is 0 Å². The van der Waals surface area contributed by atoms with Crippen LogP contribution in [-0.2, 0) is 16.2 Å². The maximum atomic E-state index is 2.66. The third kappa shape index (κ3) is 4.24. The second-order valence-corrected chi connectivity index (χ2v) is 19.5. The van der Waals surface area contributed by atoms with Crippen molar-refractivity contribution in [3.63, 3.8) is 0 Å². The van der Waals surface area contributed by atoms with Crippen molar-refractivity contribution in [1.82, 2.24) is 0 Å². The summed E-state index contributed by atoms with van der Waals surface area (Å²) in [7, 11) is 0. The zero-order valence-corrected chi connectivity index (χ0v) is 36.0. The monoisotopic (exact) mass is 803 g/mol.